The van der Waals surface area contributed by atoms with Crippen LogP contribution in [0.5, 0.6) is 5.75 Å². The van der Waals surface area contributed by atoms with Crippen molar-refractivity contribution >= 4 is 28.9 Å². The van der Waals surface area contributed by atoms with Gasteiger partial charge in [0.15, 0.2) is 0 Å². The Morgan fingerprint density at radius 2 is 1.41 bits per heavy atom. The molecule has 6 heteroatoms. The summed E-state index contributed by atoms with van der Waals surface area (Å²) in [6.07, 6.45) is 1.11. The van der Waals surface area contributed by atoms with Gasteiger partial charge in [0.05, 0.1) is 6.61 Å². The summed E-state index contributed by atoms with van der Waals surface area (Å²) in [5, 5.41) is 5.71. The molecule has 1 saturated carbocycles. The highest BCUT2D eigenvalue weighted by atomic mass is 16.5. The van der Waals surface area contributed by atoms with E-state index in [4.69, 9.17) is 4.74 Å². The maximum atomic E-state index is 12.7. The van der Waals surface area contributed by atoms with Gasteiger partial charge in [-0.15, -0.1) is 0 Å². The number of rotatable bonds is 7. The van der Waals surface area contributed by atoms with Crippen molar-refractivity contribution in [3.63, 3.8) is 0 Å². The van der Waals surface area contributed by atoms with E-state index in [-0.39, 0.29) is 11.8 Å². The normalized spacial score (nSPS) is 14.2. The largest absolute Gasteiger partial charge is 0.494 e. The van der Waals surface area contributed by atoms with Gasteiger partial charge < -0.3 is 20.3 Å². The molecule has 0 heterocycles. The molecule has 0 spiro atoms. The van der Waals surface area contributed by atoms with Crippen molar-refractivity contribution in [2.45, 2.75) is 19.8 Å². The highest BCUT2D eigenvalue weighted by molar-refractivity contribution is 6.16. The second-order valence-corrected chi connectivity index (χ2v) is 6.89. The third-order valence-corrected chi connectivity index (χ3v) is 4.68. The number of carbonyl (C=O) groups is 2. The van der Waals surface area contributed by atoms with E-state index in [0.717, 1.165) is 11.4 Å². The van der Waals surface area contributed by atoms with E-state index in [2.05, 4.69) is 10.6 Å². The summed E-state index contributed by atoms with van der Waals surface area (Å²) >= 11 is 0. The Morgan fingerprint density at radius 3 is 1.81 bits per heavy atom. The van der Waals surface area contributed by atoms with E-state index in [1.54, 1.807) is 24.3 Å². The molecule has 1 fully saturated rings. The van der Waals surface area contributed by atoms with Crippen molar-refractivity contribution in [1.29, 1.82) is 0 Å². The molecule has 0 radical (unpaired) electrons. The number of nitrogens with one attached hydrogen (secondary N) is 2. The van der Waals surface area contributed by atoms with Crippen molar-refractivity contribution in [3.8, 4) is 5.75 Å². The molecule has 27 heavy (non-hydrogen) atoms. The minimum Gasteiger partial charge on any atom is -0.494 e. The molecular weight excluding hydrogens is 342 g/mol. The molecule has 0 aromatic heterocycles. The van der Waals surface area contributed by atoms with Gasteiger partial charge in [-0.3, -0.25) is 9.59 Å². The van der Waals surface area contributed by atoms with Gasteiger partial charge in [-0.05, 0) is 68.3 Å². The predicted octanol–water partition coefficient (Wildman–Crippen LogP) is 3.51. The minimum absolute atomic E-state index is 0.261. The van der Waals surface area contributed by atoms with Crippen LogP contribution < -0.4 is 20.3 Å². The van der Waals surface area contributed by atoms with Crippen molar-refractivity contribution in [2.75, 3.05) is 36.2 Å². The van der Waals surface area contributed by atoms with Crippen LogP contribution in [0.25, 0.3) is 0 Å². The van der Waals surface area contributed by atoms with E-state index in [1.807, 2.05) is 50.2 Å². The van der Waals surface area contributed by atoms with Crippen LogP contribution in [0, 0.1) is 5.41 Å². The third-order valence-electron chi connectivity index (χ3n) is 4.68. The average Bonchev–Trinajstić information content (AvgIpc) is 3.46. The van der Waals surface area contributed by atoms with E-state index >= 15 is 0 Å². The van der Waals surface area contributed by atoms with Crippen LogP contribution in [0.15, 0.2) is 48.5 Å². The zero-order valence-corrected chi connectivity index (χ0v) is 15.9. The van der Waals surface area contributed by atoms with Crippen molar-refractivity contribution in [3.05, 3.63) is 48.5 Å². The van der Waals surface area contributed by atoms with Gasteiger partial charge in [-0.2, -0.15) is 0 Å². The molecule has 1 aliphatic carbocycles. The molecule has 2 aromatic rings. The molecule has 2 aromatic carbocycles. The minimum atomic E-state index is -0.987. The number of amides is 2. The fraction of sp³-hybridized carbons (Fsp3) is 0.333. The highest BCUT2D eigenvalue weighted by Crippen LogP contribution is 2.47. The van der Waals surface area contributed by atoms with E-state index in [1.165, 1.54) is 0 Å². The standard InChI is InChI=1S/C21H25N3O3/c1-4-27-18-11-7-16(8-12-18)23-20(26)21(13-14-21)19(25)22-15-5-9-17(10-6-15)24(2)3/h5-12H,4,13-14H2,1-3H3,(H,22,25)(H,23,26). The topological polar surface area (TPSA) is 70.7 Å². The molecular formula is C21H25N3O3. The molecule has 2 amide bonds. The zero-order chi connectivity index (χ0) is 19.4. The first kappa shape index (κ1) is 18.8. The maximum absolute atomic E-state index is 12.7. The number of ether oxygens (including phenoxy) is 1. The van der Waals surface area contributed by atoms with Crippen molar-refractivity contribution < 1.29 is 14.3 Å². The summed E-state index contributed by atoms with van der Waals surface area (Å²) in [4.78, 5) is 27.3. The van der Waals surface area contributed by atoms with Crippen LogP contribution in [0.2, 0.25) is 0 Å². The summed E-state index contributed by atoms with van der Waals surface area (Å²) in [7, 11) is 3.91. The van der Waals surface area contributed by atoms with Crippen LogP contribution in [-0.2, 0) is 9.59 Å². The van der Waals surface area contributed by atoms with Gasteiger partial charge >= 0.3 is 0 Å². The zero-order valence-electron chi connectivity index (χ0n) is 15.9. The van der Waals surface area contributed by atoms with E-state index in [9.17, 15) is 9.59 Å². The van der Waals surface area contributed by atoms with Crippen LogP contribution in [0.3, 0.4) is 0 Å². The maximum Gasteiger partial charge on any atom is 0.240 e. The summed E-state index contributed by atoms with van der Waals surface area (Å²) in [6, 6.07) is 14.7. The Kier molecular flexibility index (Phi) is 5.35. The lowest BCUT2D eigenvalue weighted by Crippen LogP contribution is -2.35. The number of anilines is 3. The van der Waals surface area contributed by atoms with Crippen molar-refractivity contribution in [2.24, 2.45) is 5.41 Å². The third kappa shape index (κ3) is 4.22. The summed E-state index contributed by atoms with van der Waals surface area (Å²) < 4.78 is 5.39. The lowest BCUT2D eigenvalue weighted by atomic mass is 10.0. The molecule has 6 nitrogen and oxygen atoms in total. The van der Waals surface area contributed by atoms with Gasteiger partial charge in [0.25, 0.3) is 0 Å². The van der Waals surface area contributed by atoms with Crippen LogP contribution in [0.4, 0.5) is 17.1 Å². The van der Waals surface area contributed by atoms with Gasteiger partial charge in [-0.1, -0.05) is 0 Å². The Labute approximate surface area is 159 Å². The summed E-state index contributed by atoms with van der Waals surface area (Å²) in [6.45, 7) is 2.50. The molecule has 0 bridgehead atoms. The first-order valence-corrected chi connectivity index (χ1v) is 9.08. The van der Waals surface area contributed by atoms with Crippen LogP contribution >= 0.6 is 0 Å². The quantitative estimate of drug-likeness (QED) is 0.735. The Morgan fingerprint density at radius 1 is 0.926 bits per heavy atom. The van der Waals surface area contributed by atoms with Gasteiger partial charge in [0, 0.05) is 31.2 Å². The highest BCUT2D eigenvalue weighted by Gasteiger charge is 2.56. The molecule has 1 aliphatic rings. The fourth-order valence-electron chi connectivity index (χ4n) is 2.83. The van der Waals surface area contributed by atoms with Gasteiger partial charge in [-0.25, -0.2) is 0 Å². The molecule has 142 valence electrons. The Bertz CT molecular complexity index is 810. The Balaban J connectivity index is 1.63. The first-order chi connectivity index (χ1) is 12.9. The molecule has 2 N–H and O–H groups in total. The molecule has 0 aliphatic heterocycles. The van der Waals surface area contributed by atoms with E-state index < -0.39 is 5.41 Å². The number of hydrogen-bond donors (Lipinski definition) is 2. The number of benzene rings is 2. The fourth-order valence-corrected chi connectivity index (χ4v) is 2.83. The lowest BCUT2D eigenvalue weighted by molar-refractivity contribution is -0.131. The summed E-state index contributed by atoms with van der Waals surface area (Å²) in [5.74, 6) is 0.216. The second kappa shape index (κ2) is 7.70. The smallest absolute Gasteiger partial charge is 0.240 e. The first-order valence-electron chi connectivity index (χ1n) is 9.08. The van der Waals surface area contributed by atoms with Gasteiger partial charge in [0.2, 0.25) is 11.8 Å². The SMILES string of the molecule is CCOc1ccc(NC(=O)C2(C(=O)Nc3ccc(N(C)C)cc3)CC2)cc1. The molecule has 0 atom stereocenters. The Hall–Kier alpha value is -3.02. The molecule has 3 rings (SSSR count). The second-order valence-electron chi connectivity index (χ2n) is 6.89. The number of hydrogen-bond acceptors (Lipinski definition) is 4. The molecule has 0 saturated heterocycles. The van der Waals surface area contributed by atoms with Crippen LogP contribution in [0.1, 0.15) is 19.8 Å². The number of carbonyl (C=O) groups excluding carboxylic acids is 2. The van der Waals surface area contributed by atoms with E-state index in [0.29, 0.717) is 30.8 Å². The van der Waals surface area contributed by atoms with Gasteiger partial charge in [0.1, 0.15) is 11.2 Å². The lowest BCUT2D eigenvalue weighted by Gasteiger charge is -2.17. The molecule has 0 unspecified atom stereocenters. The predicted molar refractivity (Wildman–Crippen MR) is 107 cm³/mol. The average molecular weight is 367 g/mol. The van der Waals surface area contributed by atoms with Crippen molar-refractivity contribution in [1.82, 2.24) is 0 Å². The van der Waals surface area contributed by atoms with Crippen LogP contribution in [-0.4, -0.2) is 32.5 Å². The monoisotopic (exact) mass is 367 g/mol. The number of nitrogens with zero attached hydrogens (tertiary/aromatic N) is 1. The summed E-state index contributed by atoms with van der Waals surface area (Å²) in [5.41, 5.74) is 1.39.